The van der Waals surface area contributed by atoms with Gasteiger partial charge in [0.2, 0.25) is 11.8 Å². The van der Waals surface area contributed by atoms with Crippen molar-refractivity contribution in [2.45, 2.75) is 30.7 Å². The average molecular weight is 526 g/mol. The second-order valence-corrected chi connectivity index (χ2v) is 11.4. The summed E-state index contributed by atoms with van der Waals surface area (Å²) < 4.78 is 27.6. The number of thiazole rings is 1. The summed E-state index contributed by atoms with van der Waals surface area (Å²) in [6.07, 6.45) is 3.52. The number of rotatable bonds is 6. The molecule has 36 heavy (non-hydrogen) atoms. The Morgan fingerprint density at radius 1 is 1.08 bits per heavy atom. The van der Waals surface area contributed by atoms with Crippen LogP contribution in [0.4, 0.5) is 16.5 Å². The molecule has 0 spiro atoms. The third-order valence-corrected chi connectivity index (χ3v) is 8.79. The van der Waals surface area contributed by atoms with Crippen molar-refractivity contribution >= 4 is 49.7 Å². The first-order valence-electron chi connectivity index (χ1n) is 11.8. The van der Waals surface area contributed by atoms with E-state index in [1.165, 1.54) is 35.2 Å². The Kier molecular flexibility index (Phi) is 6.67. The Hall–Kier alpha value is -3.44. The van der Waals surface area contributed by atoms with Crippen LogP contribution in [0.15, 0.2) is 65.0 Å². The number of carbonyl (C=O) groups is 2. The third kappa shape index (κ3) is 4.80. The Balaban J connectivity index is 1.23. The molecule has 1 saturated heterocycles. The Labute approximate surface area is 214 Å². The number of hydrogen-bond acceptors (Lipinski definition) is 7. The number of carbonyl (C=O) groups excluding carboxylic acids is 2. The summed E-state index contributed by atoms with van der Waals surface area (Å²) >= 11 is 1.19. The second kappa shape index (κ2) is 9.90. The largest absolute Gasteiger partial charge is 0.360 e. The van der Waals surface area contributed by atoms with Crippen molar-refractivity contribution in [3.63, 3.8) is 0 Å². The number of para-hydroxylation sites is 1. The summed E-state index contributed by atoms with van der Waals surface area (Å²) in [5, 5.41) is 1.97. The van der Waals surface area contributed by atoms with E-state index in [4.69, 9.17) is 0 Å². The van der Waals surface area contributed by atoms with Gasteiger partial charge < -0.3 is 14.7 Å². The summed E-state index contributed by atoms with van der Waals surface area (Å²) in [4.78, 5) is 35.7. The van der Waals surface area contributed by atoms with Crippen molar-refractivity contribution in [1.82, 2.24) is 9.88 Å². The van der Waals surface area contributed by atoms with Gasteiger partial charge in [0, 0.05) is 42.6 Å². The van der Waals surface area contributed by atoms with Crippen LogP contribution in [0.1, 0.15) is 18.9 Å². The van der Waals surface area contributed by atoms with E-state index in [1.807, 2.05) is 19.1 Å². The topological polar surface area (TPSA) is 103 Å². The molecular formula is C25H27N5O4S2. The molecule has 3 aromatic rings. The minimum Gasteiger partial charge on any atom is -0.360 e. The molecule has 2 aromatic carbocycles. The minimum atomic E-state index is -3.77. The maximum absolute atomic E-state index is 13.3. The quantitative estimate of drug-likeness (QED) is 0.531. The van der Waals surface area contributed by atoms with Crippen LogP contribution in [0.3, 0.4) is 0 Å². The van der Waals surface area contributed by atoms with E-state index in [0.717, 1.165) is 25.1 Å². The summed E-state index contributed by atoms with van der Waals surface area (Å²) in [7, 11) is -3.77. The van der Waals surface area contributed by atoms with E-state index in [-0.39, 0.29) is 34.4 Å². The molecule has 2 amide bonds. The first kappa shape index (κ1) is 24.3. The molecule has 1 atom stereocenters. The first-order chi connectivity index (χ1) is 17.3. The molecule has 1 N–H and O–H groups in total. The van der Waals surface area contributed by atoms with Crippen molar-refractivity contribution in [3.8, 4) is 0 Å². The number of sulfonamides is 1. The highest BCUT2D eigenvalue weighted by molar-refractivity contribution is 7.93. The van der Waals surface area contributed by atoms with Gasteiger partial charge in [-0.3, -0.25) is 14.3 Å². The predicted octanol–water partition coefficient (Wildman–Crippen LogP) is 2.96. The molecule has 9 nitrogen and oxygen atoms in total. The molecule has 188 valence electrons. The summed E-state index contributed by atoms with van der Waals surface area (Å²) in [6, 6.07) is 14.0. The van der Waals surface area contributed by atoms with Gasteiger partial charge >= 0.3 is 0 Å². The number of anilines is 3. The predicted molar refractivity (Wildman–Crippen MR) is 140 cm³/mol. The van der Waals surface area contributed by atoms with Crippen molar-refractivity contribution in [2.75, 3.05) is 40.7 Å². The van der Waals surface area contributed by atoms with Crippen LogP contribution in [0.5, 0.6) is 0 Å². The smallest absolute Gasteiger partial charge is 0.263 e. The highest BCUT2D eigenvalue weighted by Gasteiger charge is 2.34. The fourth-order valence-corrected chi connectivity index (χ4v) is 6.54. The molecule has 3 heterocycles. The molecule has 2 aliphatic rings. The highest BCUT2D eigenvalue weighted by atomic mass is 32.2. The molecule has 0 unspecified atom stereocenters. The van der Waals surface area contributed by atoms with Gasteiger partial charge in [-0.2, -0.15) is 0 Å². The fraction of sp³-hybridized carbons (Fsp3) is 0.320. The Morgan fingerprint density at radius 2 is 1.86 bits per heavy atom. The van der Waals surface area contributed by atoms with Gasteiger partial charge in [0.1, 0.15) is 12.6 Å². The maximum Gasteiger partial charge on any atom is 0.263 e. The van der Waals surface area contributed by atoms with Crippen molar-refractivity contribution in [2.24, 2.45) is 0 Å². The molecule has 1 fully saturated rings. The molecule has 1 aromatic heterocycles. The third-order valence-electron chi connectivity index (χ3n) is 6.62. The number of aromatic nitrogens is 1. The van der Waals surface area contributed by atoms with Gasteiger partial charge in [0.25, 0.3) is 10.0 Å². The molecule has 0 bridgehead atoms. The SMILES string of the molecule is C[C@@H](C(=O)N1CCN(c2ccc(S(=O)(=O)Nc3nccs3)cc2)C(=O)C1)N1CCCc2ccccc21. The lowest BCUT2D eigenvalue weighted by molar-refractivity contribution is -0.137. The fourth-order valence-electron chi connectivity index (χ4n) is 4.75. The van der Waals surface area contributed by atoms with Crippen LogP contribution >= 0.6 is 11.3 Å². The van der Waals surface area contributed by atoms with Gasteiger partial charge in [0.15, 0.2) is 5.13 Å². The first-order valence-corrected chi connectivity index (χ1v) is 14.2. The number of piperazine rings is 1. The zero-order valence-corrected chi connectivity index (χ0v) is 21.5. The second-order valence-electron chi connectivity index (χ2n) is 8.84. The van der Waals surface area contributed by atoms with Crippen LogP contribution in [-0.4, -0.2) is 62.3 Å². The lowest BCUT2D eigenvalue weighted by Crippen LogP contribution is -2.57. The van der Waals surface area contributed by atoms with Gasteiger partial charge in [0.05, 0.1) is 4.90 Å². The number of benzene rings is 2. The number of hydrogen-bond donors (Lipinski definition) is 1. The van der Waals surface area contributed by atoms with E-state index in [1.54, 1.807) is 27.3 Å². The van der Waals surface area contributed by atoms with Gasteiger partial charge in [-0.15, -0.1) is 11.3 Å². The van der Waals surface area contributed by atoms with Gasteiger partial charge in [-0.1, -0.05) is 18.2 Å². The summed E-state index contributed by atoms with van der Waals surface area (Å²) in [6.45, 7) is 3.46. The lowest BCUT2D eigenvalue weighted by Gasteiger charge is -2.40. The van der Waals surface area contributed by atoms with E-state index in [9.17, 15) is 18.0 Å². The van der Waals surface area contributed by atoms with Crippen molar-refractivity contribution < 1.29 is 18.0 Å². The average Bonchev–Trinajstić information content (AvgIpc) is 3.40. The molecule has 11 heteroatoms. The molecular weight excluding hydrogens is 498 g/mol. The number of amides is 2. The summed E-state index contributed by atoms with van der Waals surface area (Å²) in [5.74, 6) is -0.258. The Bertz CT molecular complexity index is 1360. The van der Waals surface area contributed by atoms with E-state index >= 15 is 0 Å². The van der Waals surface area contributed by atoms with Crippen LogP contribution < -0.4 is 14.5 Å². The number of aryl methyl sites for hydroxylation is 1. The van der Waals surface area contributed by atoms with Gasteiger partial charge in [-0.05, 0) is 55.7 Å². The van der Waals surface area contributed by atoms with Gasteiger partial charge in [-0.25, -0.2) is 13.4 Å². The van der Waals surface area contributed by atoms with Crippen molar-refractivity contribution in [3.05, 3.63) is 65.7 Å². The van der Waals surface area contributed by atoms with E-state index < -0.39 is 10.0 Å². The monoisotopic (exact) mass is 525 g/mol. The molecule has 5 rings (SSSR count). The van der Waals surface area contributed by atoms with E-state index in [0.29, 0.717) is 18.8 Å². The van der Waals surface area contributed by atoms with Crippen LogP contribution in [0, 0.1) is 0 Å². The standard InChI is InChI=1S/C25H27N5O4S2/c1-18(29-13-4-6-19-5-2-3-7-22(19)29)24(32)28-14-15-30(23(31)17-28)20-8-10-21(11-9-20)36(33,34)27-25-26-12-16-35-25/h2-3,5,7-12,16,18H,4,6,13-15,17H2,1H3,(H,26,27)/t18-/m0/s1. The molecule has 0 radical (unpaired) electrons. The number of nitrogens with zero attached hydrogens (tertiary/aromatic N) is 4. The maximum atomic E-state index is 13.3. The molecule has 2 aliphatic heterocycles. The van der Waals surface area contributed by atoms with E-state index in [2.05, 4.69) is 26.7 Å². The van der Waals surface area contributed by atoms with Crippen molar-refractivity contribution in [1.29, 1.82) is 0 Å². The number of nitrogens with one attached hydrogen (secondary N) is 1. The zero-order chi connectivity index (χ0) is 25.3. The molecule has 0 aliphatic carbocycles. The minimum absolute atomic E-state index is 0.00961. The van der Waals surface area contributed by atoms with Crippen LogP contribution in [-0.2, 0) is 26.0 Å². The number of fused-ring (bicyclic) bond motifs is 1. The highest BCUT2D eigenvalue weighted by Crippen LogP contribution is 2.29. The normalized spacial score (nSPS) is 17.0. The summed E-state index contributed by atoms with van der Waals surface area (Å²) in [5.41, 5.74) is 2.93. The molecule has 0 saturated carbocycles. The Morgan fingerprint density at radius 3 is 2.58 bits per heavy atom. The lowest BCUT2D eigenvalue weighted by atomic mass is 10.00. The van der Waals surface area contributed by atoms with Crippen LogP contribution in [0.25, 0.3) is 0 Å². The zero-order valence-electron chi connectivity index (χ0n) is 19.8. The van der Waals surface area contributed by atoms with Crippen LogP contribution in [0.2, 0.25) is 0 Å².